The van der Waals surface area contributed by atoms with E-state index in [1.54, 1.807) is 23.3 Å². The van der Waals surface area contributed by atoms with Gasteiger partial charge in [0.25, 0.3) is 0 Å². The molecule has 7 heteroatoms. The van der Waals surface area contributed by atoms with Crippen LogP contribution in [0.2, 0.25) is 5.02 Å². The van der Waals surface area contributed by atoms with Crippen molar-refractivity contribution in [2.24, 2.45) is 5.73 Å². The lowest BCUT2D eigenvalue weighted by Gasteiger charge is -2.21. The second-order valence-corrected chi connectivity index (χ2v) is 6.58. The number of benzene rings is 2. The zero-order valence-electron chi connectivity index (χ0n) is 14.0. The molecular weight excluding hydrogens is 374 g/mol. The molecule has 0 radical (unpaired) electrons. The number of hydrogen-bond donors (Lipinski definition) is 1. The van der Waals surface area contributed by atoms with Crippen molar-refractivity contribution in [2.45, 2.75) is 12.6 Å². The van der Waals surface area contributed by atoms with Gasteiger partial charge in [0.05, 0.1) is 6.54 Å². The monoisotopic (exact) mass is 388 g/mol. The van der Waals surface area contributed by atoms with Gasteiger partial charge >= 0.3 is 0 Å². The third kappa shape index (κ3) is 3.67. The van der Waals surface area contributed by atoms with Crippen LogP contribution in [-0.4, -0.2) is 5.06 Å². The summed E-state index contributed by atoms with van der Waals surface area (Å²) in [5.74, 6) is -0.339. The molecule has 0 saturated heterocycles. The predicted molar refractivity (Wildman–Crippen MR) is 97.2 cm³/mol. The number of rotatable bonds is 4. The van der Waals surface area contributed by atoms with Gasteiger partial charge in [0, 0.05) is 16.7 Å². The zero-order valence-corrected chi connectivity index (χ0v) is 14.8. The SMILES string of the molecule is NC1=CC(c2ccc(-c3cccc(Cl)c3)o2)N(Cc2ccc(F)c(F)c2)O1. The first-order chi connectivity index (χ1) is 13.0. The fourth-order valence-corrected chi connectivity index (χ4v) is 3.13. The molecule has 2 N–H and O–H groups in total. The van der Waals surface area contributed by atoms with E-state index in [4.69, 9.17) is 26.6 Å². The minimum atomic E-state index is -0.912. The van der Waals surface area contributed by atoms with Crippen molar-refractivity contribution in [3.05, 3.63) is 94.5 Å². The van der Waals surface area contributed by atoms with E-state index < -0.39 is 17.7 Å². The minimum absolute atomic E-state index is 0.201. The molecule has 4 rings (SSSR count). The lowest BCUT2D eigenvalue weighted by atomic mass is 10.1. The Kier molecular flexibility index (Phi) is 4.59. The van der Waals surface area contributed by atoms with Gasteiger partial charge < -0.3 is 15.0 Å². The van der Waals surface area contributed by atoms with Crippen molar-refractivity contribution >= 4 is 11.6 Å². The summed E-state index contributed by atoms with van der Waals surface area (Å²) in [5, 5.41) is 2.15. The van der Waals surface area contributed by atoms with E-state index in [0.717, 1.165) is 17.7 Å². The van der Waals surface area contributed by atoms with Crippen molar-refractivity contribution in [1.29, 1.82) is 0 Å². The third-order valence-electron chi connectivity index (χ3n) is 4.20. The highest BCUT2D eigenvalue weighted by molar-refractivity contribution is 6.30. The van der Waals surface area contributed by atoms with Crippen molar-refractivity contribution < 1.29 is 18.0 Å². The highest BCUT2D eigenvalue weighted by Gasteiger charge is 2.30. The number of nitrogens with zero attached hydrogens (tertiary/aromatic N) is 1. The standard InChI is InChI=1S/C20H15ClF2N2O2/c21-14-3-1-2-13(9-14)18-6-7-19(26-18)17-10-20(24)27-25(17)11-12-4-5-15(22)16(23)8-12/h1-10,17H,11,24H2. The van der Waals surface area contributed by atoms with Crippen LogP contribution < -0.4 is 5.73 Å². The number of nitrogens with two attached hydrogens (primary N) is 1. The Hall–Kier alpha value is -2.83. The van der Waals surface area contributed by atoms with E-state index in [1.165, 1.54) is 6.07 Å². The van der Waals surface area contributed by atoms with E-state index in [2.05, 4.69) is 0 Å². The van der Waals surface area contributed by atoms with Gasteiger partial charge in [-0.1, -0.05) is 29.8 Å². The Morgan fingerprint density at radius 2 is 1.89 bits per heavy atom. The zero-order chi connectivity index (χ0) is 19.0. The molecule has 1 atom stereocenters. The summed E-state index contributed by atoms with van der Waals surface area (Å²) < 4.78 is 32.6. The highest BCUT2D eigenvalue weighted by atomic mass is 35.5. The molecule has 1 aliphatic rings. The molecule has 0 bridgehead atoms. The molecule has 4 nitrogen and oxygen atoms in total. The molecule has 2 aromatic carbocycles. The molecule has 1 aliphatic heterocycles. The van der Waals surface area contributed by atoms with Crippen LogP contribution >= 0.6 is 11.6 Å². The first-order valence-corrected chi connectivity index (χ1v) is 8.59. The van der Waals surface area contributed by atoms with Crippen molar-refractivity contribution in [2.75, 3.05) is 0 Å². The van der Waals surface area contributed by atoms with E-state index >= 15 is 0 Å². The predicted octanol–water partition coefficient (Wildman–Crippen LogP) is 5.17. The number of hydrogen-bond acceptors (Lipinski definition) is 4. The van der Waals surface area contributed by atoms with Crippen molar-refractivity contribution in [3.63, 3.8) is 0 Å². The Morgan fingerprint density at radius 3 is 2.67 bits per heavy atom. The summed E-state index contributed by atoms with van der Waals surface area (Å²) in [6.45, 7) is 0.201. The molecule has 0 fully saturated rings. The smallest absolute Gasteiger partial charge is 0.207 e. The van der Waals surface area contributed by atoms with Crippen LogP contribution in [0.3, 0.4) is 0 Å². The van der Waals surface area contributed by atoms with Gasteiger partial charge in [-0.2, -0.15) is 0 Å². The van der Waals surface area contributed by atoms with Gasteiger partial charge in [-0.05, 0) is 42.0 Å². The lowest BCUT2D eigenvalue weighted by molar-refractivity contribution is -0.131. The van der Waals surface area contributed by atoms with Crippen LogP contribution in [0.4, 0.5) is 8.78 Å². The van der Waals surface area contributed by atoms with Crippen LogP contribution in [0.25, 0.3) is 11.3 Å². The second-order valence-electron chi connectivity index (χ2n) is 6.14. The molecule has 2 heterocycles. The maximum atomic E-state index is 13.5. The molecule has 0 spiro atoms. The highest BCUT2D eigenvalue weighted by Crippen LogP contribution is 2.35. The summed E-state index contributed by atoms with van der Waals surface area (Å²) in [4.78, 5) is 5.51. The van der Waals surface area contributed by atoms with Gasteiger partial charge in [0.15, 0.2) is 11.6 Å². The normalized spacial score (nSPS) is 17.0. The fraction of sp³-hybridized carbons (Fsp3) is 0.100. The fourth-order valence-electron chi connectivity index (χ4n) is 2.94. The topological polar surface area (TPSA) is 51.6 Å². The summed E-state index contributed by atoms with van der Waals surface area (Å²) >= 11 is 6.03. The first-order valence-electron chi connectivity index (χ1n) is 8.21. The molecule has 0 aliphatic carbocycles. The molecule has 1 aromatic heterocycles. The summed E-state index contributed by atoms with van der Waals surface area (Å²) in [7, 11) is 0. The Bertz CT molecular complexity index is 1020. The molecule has 27 heavy (non-hydrogen) atoms. The van der Waals surface area contributed by atoms with Gasteiger partial charge in [0.2, 0.25) is 5.88 Å². The molecule has 0 amide bonds. The van der Waals surface area contributed by atoms with Gasteiger partial charge in [-0.25, -0.2) is 8.78 Å². The van der Waals surface area contributed by atoms with Gasteiger partial charge in [-0.3, -0.25) is 0 Å². The second kappa shape index (κ2) is 7.06. The quantitative estimate of drug-likeness (QED) is 0.670. The van der Waals surface area contributed by atoms with E-state index in [9.17, 15) is 8.78 Å². The maximum absolute atomic E-state index is 13.5. The van der Waals surface area contributed by atoms with E-state index in [-0.39, 0.29) is 12.4 Å². The Morgan fingerprint density at radius 1 is 1.04 bits per heavy atom. The minimum Gasteiger partial charge on any atom is -0.459 e. The molecule has 1 unspecified atom stereocenters. The average Bonchev–Trinajstić information content (AvgIpc) is 3.25. The van der Waals surface area contributed by atoms with E-state index in [1.807, 2.05) is 24.3 Å². The van der Waals surface area contributed by atoms with Crippen LogP contribution in [-0.2, 0) is 11.4 Å². The number of hydroxylamine groups is 2. The summed E-state index contributed by atoms with van der Waals surface area (Å²) in [5.41, 5.74) is 7.19. The van der Waals surface area contributed by atoms with Crippen LogP contribution in [0.5, 0.6) is 0 Å². The lowest BCUT2D eigenvalue weighted by Crippen LogP contribution is -2.23. The molecule has 0 saturated carbocycles. The molecular formula is C20H15ClF2N2O2. The third-order valence-corrected chi connectivity index (χ3v) is 4.44. The van der Waals surface area contributed by atoms with Crippen molar-refractivity contribution in [1.82, 2.24) is 5.06 Å². The van der Waals surface area contributed by atoms with Gasteiger partial charge in [-0.15, -0.1) is 5.06 Å². The Labute approximate surface area is 159 Å². The van der Waals surface area contributed by atoms with Crippen molar-refractivity contribution in [3.8, 4) is 11.3 Å². The van der Waals surface area contributed by atoms with Crippen LogP contribution in [0.15, 0.2) is 71.0 Å². The molecule has 138 valence electrons. The summed E-state index contributed by atoms with van der Waals surface area (Å²) in [6.07, 6.45) is 1.69. The van der Waals surface area contributed by atoms with Gasteiger partial charge in [0.1, 0.15) is 17.6 Å². The van der Waals surface area contributed by atoms with Crippen LogP contribution in [0, 0.1) is 11.6 Å². The van der Waals surface area contributed by atoms with E-state index in [0.29, 0.717) is 22.1 Å². The number of halogens is 3. The maximum Gasteiger partial charge on any atom is 0.207 e. The average molecular weight is 389 g/mol. The largest absolute Gasteiger partial charge is 0.459 e. The first kappa shape index (κ1) is 17.6. The summed E-state index contributed by atoms with van der Waals surface area (Å²) in [6, 6.07) is 14.3. The number of furan rings is 1. The Balaban J connectivity index is 1.58. The molecule has 3 aromatic rings. The van der Waals surface area contributed by atoms with Crippen LogP contribution in [0.1, 0.15) is 17.4 Å².